The van der Waals surface area contributed by atoms with Crippen LogP contribution in [0.5, 0.6) is 0 Å². The molecule has 0 radical (unpaired) electrons. The van der Waals surface area contributed by atoms with E-state index in [1.165, 1.54) is 12.2 Å². The molecule has 0 aromatic heterocycles. The summed E-state index contributed by atoms with van der Waals surface area (Å²) >= 11 is 0. The quantitative estimate of drug-likeness (QED) is 0.376. The molecule has 0 saturated heterocycles. The first-order chi connectivity index (χ1) is 9.30. The Labute approximate surface area is 122 Å². The summed E-state index contributed by atoms with van der Waals surface area (Å²) < 4.78 is 28.0. The summed E-state index contributed by atoms with van der Waals surface area (Å²) in [4.78, 5) is 12.0. The molecule has 0 fully saturated rings. The molecule has 20 heavy (non-hydrogen) atoms. The Hall–Kier alpha value is -0.760. The van der Waals surface area contributed by atoms with Crippen LogP contribution in [0.15, 0.2) is 12.2 Å². The molecule has 0 saturated carbocycles. The fraction of sp³-hybridized carbons (Fsp3) is 0.769. The molecule has 6 nitrogen and oxygen atoms in total. The molecule has 0 spiro atoms. The van der Waals surface area contributed by atoms with Gasteiger partial charge in [0.2, 0.25) is 0 Å². The van der Waals surface area contributed by atoms with Crippen LogP contribution in [0, 0.1) is 0 Å². The van der Waals surface area contributed by atoms with Gasteiger partial charge in [-0.25, -0.2) is 0 Å². The summed E-state index contributed by atoms with van der Waals surface area (Å²) in [5.41, 5.74) is 0. The van der Waals surface area contributed by atoms with Crippen LogP contribution in [0.25, 0.3) is 0 Å². The van der Waals surface area contributed by atoms with E-state index in [2.05, 4.69) is 4.90 Å². The molecular weight excluding hydrogens is 282 g/mol. The number of carbonyl (C=O) groups is 1. The molecule has 0 rings (SSSR count). The molecule has 0 aromatic rings. The summed E-state index contributed by atoms with van der Waals surface area (Å²) in [5.74, 6) is -0.108. The number of hydrogen-bond donors (Lipinski definition) is 2. The lowest BCUT2D eigenvalue weighted by atomic mass is 10.3. The van der Waals surface area contributed by atoms with Gasteiger partial charge < -0.3 is 10.0 Å². The average Bonchev–Trinajstić information content (AvgIpc) is 2.40. The lowest BCUT2D eigenvalue weighted by Gasteiger charge is -2.19. The van der Waals surface area contributed by atoms with Crippen molar-refractivity contribution in [3.05, 3.63) is 12.2 Å². The number of hydrogen-bond acceptors (Lipinski definition) is 5. The first-order valence-electron chi connectivity index (χ1n) is 6.78. The Bertz CT molecular complexity index is 350. The number of aliphatic hydroxyl groups excluding tert-OH is 1. The van der Waals surface area contributed by atoms with Crippen LogP contribution < -0.4 is 0 Å². The molecule has 1 atom stereocenters. The van der Waals surface area contributed by atoms with Gasteiger partial charge in [0, 0.05) is 6.54 Å². The van der Waals surface area contributed by atoms with Gasteiger partial charge >= 0.3 is 0 Å². The van der Waals surface area contributed by atoms with E-state index < -0.39 is 16.2 Å². The van der Waals surface area contributed by atoms with E-state index in [1.54, 1.807) is 0 Å². The Kier molecular flexibility index (Phi) is 14.3. The van der Waals surface area contributed by atoms with Crippen LogP contribution in [0.1, 0.15) is 33.6 Å². The van der Waals surface area contributed by atoms with Crippen molar-refractivity contribution in [2.24, 2.45) is 0 Å². The van der Waals surface area contributed by atoms with E-state index in [1.807, 2.05) is 20.8 Å². The third-order valence-electron chi connectivity index (χ3n) is 2.51. The lowest BCUT2D eigenvalue weighted by Crippen LogP contribution is -2.31. The van der Waals surface area contributed by atoms with Gasteiger partial charge in [0.1, 0.15) is 6.29 Å². The van der Waals surface area contributed by atoms with Gasteiger partial charge in [-0.2, -0.15) is 8.42 Å². The van der Waals surface area contributed by atoms with Crippen molar-refractivity contribution in [3.8, 4) is 0 Å². The summed E-state index contributed by atoms with van der Waals surface area (Å²) in [6, 6.07) is 0. The first kappa shape index (κ1) is 21.5. The molecule has 1 unspecified atom stereocenters. The predicted molar refractivity (Wildman–Crippen MR) is 80.3 cm³/mol. The minimum atomic E-state index is -3.69. The number of nitrogens with zero attached hydrogens (tertiary/aromatic N) is 1. The Balaban J connectivity index is 0. The van der Waals surface area contributed by atoms with Gasteiger partial charge in [-0.1, -0.05) is 33.3 Å². The molecule has 0 aliphatic carbocycles. The van der Waals surface area contributed by atoms with Gasteiger partial charge in [-0.15, -0.1) is 0 Å². The number of carbonyl (C=O) groups excluding carboxylic acids is 1. The normalized spacial score (nSPS) is 13.1. The largest absolute Gasteiger partial charge is 0.388 e. The standard InChI is InChI=1S/C9H17NO2.C4H10O3S/c1-3-10(4-2)8-9(12)6-5-7-11;1-2-3-4-8(5,6)7/h5-7,9,12H,3-4,8H2,1-2H3;2-4H2,1H3,(H,5,6,7). The summed E-state index contributed by atoms with van der Waals surface area (Å²) in [5, 5.41) is 9.33. The zero-order valence-corrected chi connectivity index (χ0v) is 13.3. The zero-order valence-electron chi connectivity index (χ0n) is 12.5. The smallest absolute Gasteiger partial charge is 0.264 e. The highest BCUT2D eigenvalue weighted by Crippen LogP contribution is 1.93. The van der Waals surface area contributed by atoms with Crippen LogP contribution in [0.3, 0.4) is 0 Å². The van der Waals surface area contributed by atoms with Gasteiger partial charge in [0.15, 0.2) is 0 Å². The number of aliphatic hydroxyl groups is 1. The van der Waals surface area contributed by atoms with Gasteiger partial charge in [-0.3, -0.25) is 9.35 Å². The SMILES string of the molecule is CCCCS(=O)(=O)O.CCN(CC)CC(O)C=CC=O. The van der Waals surface area contributed by atoms with Crippen molar-refractivity contribution < 1.29 is 22.9 Å². The van der Waals surface area contributed by atoms with E-state index in [4.69, 9.17) is 4.55 Å². The van der Waals surface area contributed by atoms with E-state index in [0.29, 0.717) is 19.3 Å². The second-order valence-electron chi connectivity index (χ2n) is 4.21. The maximum atomic E-state index is 9.95. The molecule has 0 amide bonds. The zero-order chi connectivity index (χ0) is 16.0. The van der Waals surface area contributed by atoms with Gasteiger partial charge in [0.05, 0.1) is 11.9 Å². The van der Waals surface area contributed by atoms with Crippen molar-refractivity contribution in [2.75, 3.05) is 25.4 Å². The fourth-order valence-electron chi connectivity index (χ4n) is 1.31. The maximum Gasteiger partial charge on any atom is 0.264 e. The fourth-order valence-corrected chi connectivity index (χ4v) is 1.96. The number of aldehydes is 1. The van der Waals surface area contributed by atoms with Crippen LogP contribution >= 0.6 is 0 Å². The minimum absolute atomic E-state index is 0.108. The highest BCUT2D eigenvalue weighted by Gasteiger charge is 2.04. The van der Waals surface area contributed by atoms with E-state index in [-0.39, 0.29) is 5.75 Å². The summed E-state index contributed by atoms with van der Waals surface area (Å²) in [6.45, 7) is 8.38. The second kappa shape index (κ2) is 13.2. The minimum Gasteiger partial charge on any atom is -0.388 e. The van der Waals surface area contributed by atoms with E-state index in [9.17, 15) is 18.3 Å². The lowest BCUT2D eigenvalue weighted by molar-refractivity contribution is -0.104. The molecule has 7 heteroatoms. The highest BCUT2D eigenvalue weighted by molar-refractivity contribution is 7.85. The molecule has 2 N–H and O–H groups in total. The molecule has 0 aliphatic heterocycles. The van der Waals surface area contributed by atoms with Crippen LogP contribution in [0.2, 0.25) is 0 Å². The summed E-state index contributed by atoms with van der Waals surface area (Å²) in [6.07, 6.45) is 4.30. The topological polar surface area (TPSA) is 94.9 Å². The highest BCUT2D eigenvalue weighted by atomic mass is 32.2. The number of rotatable bonds is 9. The molecular formula is C13H27NO5S. The predicted octanol–water partition coefficient (Wildman–Crippen LogP) is 1.12. The molecule has 120 valence electrons. The molecule has 0 bridgehead atoms. The van der Waals surface area contributed by atoms with Gasteiger partial charge in [0.25, 0.3) is 10.1 Å². The summed E-state index contributed by atoms with van der Waals surface area (Å²) in [7, 11) is -3.69. The molecule has 0 aromatic carbocycles. The van der Waals surface area contributed by atoms with E-state index >= 15 is 0 Å². The monoisotopic (exact) mass is 309 g/mol. The average molecular weight is 309 g/mol. The third kappa shape index (κ3) is 17.2. The number of allylic oxidation sites excluding steroid dienone is 1. The van der Waals surface area contributed by atoms with Crippen molar-refractivity contribution in [2.45, 2.75) is 39.7 Å². The molecule has 0 heterocycles. The number of unbranched alkanes of at least 4 members (excludes halogenated alkanes) is 1. The number of likely N-dealkylation sites (N-methyl/N-ethyl adjacent to an activating group) is 1. The van der Waals surface area contributed by atoms with Crippen molar-refractivity contribution in [1.29, 1.82) is 0 Å². The van der Waals surface area contributed by atoms with Crippen LogP contribution in [-0.4, -0.2) is 60.8 Å². The van der Waals surface area contributed by atoms with Crippen LogP contribution in [0.4, 0.5) is 0 Å². The Morgan fingerprint density at radius 3 is 2.05 bits per heavy atom. The van der Waals surface area contributed by atoms with Gasteiger partial charge in [-0.05, 0) is 25.6 Å². The Morgan fingerprint density at radius 2 is 1.75 bits per heavy atom. The van der Waals surface area contributed by atoms with Crippen LogP contribution in [-0.2, 0) is 14.9 Å². The van der Waals surface area contributed by atoms with Crippen molar-refractivity contribution >= 4 is 16.4 Å². The van der Waals surface area contributed by atoms with E-state index in [0.717, 1.165) is 19.5 Å². The molecule has 0 aliphatic rings. The Morgan fingerprint density at radius 1 is 1.20 bits per heavy atom. The first-order valence-corrected chi connectivity index (χ1v) is 8.39. The van der Waals surface area contributed by atoms with Crippen molar-refractivity contribution in [1.82, 2.24) is 4.90 Å². The third-order valence-corrected chi connectivity index (χ3v) is 3.31. The maximum absolute atomic E-state index is 9.95. The van der Waals surface area contributed by atoms with Crippen molar-refractivity contribution in [3.63, 3.8) is 0 Å². The second-order valence-corrected chi connectivity index (χ2v) is 5.79.